The molecule has 4 nitrogen and oxygen atoms in total. The quantitative estimate of drug-likeness (QED) is 0.738. The van der Waals surface area contributed by atoms with Gasteiger partial charge < -0.3 is 5.73 Å². The number of nitrogens with two attached hydrogens (primary N) is 1. The van der Waals surface area contributed by atoms with E-state index in [9.17, 15) is 0 Å². The number of anilines is 1. The fourth-order valence-corrected chi connectivity index (χ4v) is 2.09. The summed E-state index contributed by atoms with van der Waals surface area (Å²) in [6.07, 6.45) is 1.76. The largest absolute Gasteiger partial charge is 0.368 e. The summed E-state index contributed by atoms with van der Waals surface area (Å²) in [6.45, 7) is 0. The van der Waals surface area contributed by atoms with Crippen molar-refractivity contribution in [3.63, 3.8) is 0 Å². The van der Waals surface area contributed by atoms with E-state index in [1.54, 1.807) is 10.9 Å². The van der Waals surface area contributed by atoms with Gasteiger partial charge in [-0.05, 0) is 29.8 Å². The lowest BCUT2D eigenvalue weighted by Gasteiger charge is -1.98. The van der Waals surface area contributed by atoms with Gasteiger partial charge in [-0.2, -0.15) is 9.78 Å². The maximum absolute atomic E-state index is 5.87. The molecule has 1 heterocycles. The molecule has 3 aromatic rings. The SMILES string of the molecule is Nc1nc2ccccc2n1N=Cc1ccc(Br)cc1. The first kappa shape index (κ1) is 11.9. The first-order valence-corrected chi connectivity index (χ1v) is 6.56. The smallest absolute Gasteiger partial charge is 0.222 e. The average Bonchev–Trinajstić information content (AvgIpc) is 2.74. The lowest BCUT2D eigenvalue weighted by atomic mass is 10.2. The number of nitrogens with zero attached hydrogens (tertiary/aromatic N) is 3. The molecule has 3 rings (SSSR count). The van der Waals surface area contributed by atoms with Crippen LogP contribution in [-0.4, -0.2) is 15.9 Å². The minimum atomic E-state index is 0.384. The van der Waals surface area contributed by atoms with Crippen molar-refractivity contribution in [3.05, 3.63) is 58.6 Å². The number of aromatic nitrogens is 2. The molecule has 0 bridgehead atoms. The van der Waals surface area contributed by atoms with Crippen molar-refractivity contribution in [2.24, 2.45) is 5.10 Å². The van der Waals surface area contributed by atoms with Gasteiger partial charge in [0.25, 0.3) is 0 Å². The Morgan fingerprint density at radius 1 is 1.11 bits per heavy atom. The summed E-state index contributed by atoms with van der Waals surface area (Å²) in [4.78, 5) is 4.26. The molecule has 0 aliphatic heterocycles. The summed E-state index contributed by atoms with van der Waals surface area (Å²) >= 11 is 3.40. The number of fused-ring (bicyclic) bond motifs is 1. The minimum absolute atomic E-state index is 0.384. The van der Waals surface area contributed by atoms with E-state index in [1.807, 2.05) is 48.5 Å². The number of hydrogen-bond donors (Lipinski definition) is 1. The van der Waals surface area contributed by atoms with Crippen LogP contribution in [0.15, 0.2) is 58.1 Å². The predicted octanol–water partition coefficient (Wildman–Crippen LogP) is 3.26. The zero-order valence-electron chi connectivity index (χ0n) is 9.99. The van der Waals surface area contributed by atoms with Crippen molar-refractivity contribution in [1.82, 2.24) is 9.66 Å². The number of halogens is 1. The van der Waals surface area contributed by atoms with E-state index < -0.39 is 0 Å². The fourth-order valence-electron chi connectivity index (χ4n) is 1.83. The van der Waals surface area contributed by atoms with Gasteiger partial charge in [-0.1, -0.05) is 40.2 Å². The maximum Gasteiger partial charge on any atom is 0.222 e. The monoisotopic (exact) mass is 314 g/mol. The Hall–Kier alpha value is -2.14. The molecule has 0 aliphatic rings. The van der Waals surface area contributed by atoms with E-state index in [1.165, 1.54) is 0 Å². The van der Waals surface area contributed by atoms with Crippen molar-refractivity contribution in [1.29, 1.82) is 0 Å². The maximum atomic E-state index is 5.87. The summed E-state index contributed by atoms with van der Waals surface area (Å²) in [7, 11) is 0. The Labute approximate surface area is 118 Å². The Kier molecular flexibility index (Phi) is 3.05. The molecule has 2 aromatic carbocycles. The molecule has 0 atom stereocenters. The van der Waals surface area contributed by atoms with E-state index in [2.05, 4.69) is 26.0 Å². The van der Waals surface area contributed by atoms with E-state index in [-0.39, 0.29) is 0 Å². The van der Waals surface area contributed by atoms with Crippen molar-refractivity contribution in [3.8, 4) is 0 Å². The zero-order valence-corrected chi connectivity index (χ0v) is 11.6. The molecular formula is C14H11BrN4. The molecule has 0 radical (unpaired) electrons. The summed E-state index contributed by atoms with van der Waals surface area (Å²) < 4.78 is 2.68. The van der Waals surface area contributed by atoms with Gasteiger partial charge in [0.15, 0.2) is 0 Å². The number of para-hydroxylation sites is 2. The third kappa shape index (κ3) is 2.37. The van der Waals surface area contributed by atoms with Crippen LogP contribution < -0.4 is 5.73 Å². The summed E-state index contributed by atoms with van der Waals surface area (Å²) in [5.74, 6) is 0.384. The molecule has 2 N–H and O–H groups in total. The number of benzene rings is 2. The van der Waals surface area contributed by atoms with E-state index in [4.69, 9.17) is 5.73 Å². The molecule has 0 fully saturated rings. The minimum Gasteiger partial charge on any atom is -0.368 e. The topological polar surface area (TPSA) is 56.2 Å². The second-order valence-electron chi connectivity index (χ2n) is 4.07. The molecule has 0 spiro atoms. The van der Waals surface area contributed by atoms with Gasteiger partial charge in [-0.15, -0.1) is 0 Å². The van der Waals surface area contributed by atoms with Crippen molar-refractivity contribution >= 4 is 39.1 Å². The normalized spacial score (nSPS) is 11.4. The van der Waals surface area contributed by atoms with Gasteiger partial charge in [0.2, 0.25) is 5.95 Å². The zero-order chi connectivity index (χ0) is 13.2. The fraction of sp³-hybridized carbons (Fsp3) is 0. The molecule has 5 heteroatoms. The van der Waals surface area contributed by atoms with Crippen LogP contribution in [0.1, 0.15) is 5.56 Å². The van der Waals surface area contributed by atoms with Gasteiger partial charge in [0.05, 0.1) is 17.2 Å². The van der Waals surface area contributed by atoms with E-state index in [0.717, 1.165) is 21.1 Å². The molecule has 0 saturated carbocycles. The first-order chi connectivity index (χ1) is 9.24. The average molecular weight is 315 g/mol. The number of nitrogen functional groups attached to an aromatic ring is 1. The van der Waals surface area contributed by atoms with Gasteiger partial charge in [-0.25, -0.2) is 4.98 Å². The van der Waals surface area contributed by atoms with Gasteiger partial charge in [-0.3, -0.25) is 0 Å². The van der Waals surface area contributed by atoms with Crippen LogP contribution in [0.25, 0.3) is 11.0 Å². The van der Waals surface area contributed by atoms with E-state index in [0.29, 0.717) is 5.95 Å². The molecule has 0 unspecified atom stereocenters. The third-order valence-electron chi connectivity index (χ3n) is 2.75. The molecular weight excluding hydrogens is 304 g/mol. The number of hydrogen-bond acceptors (Lipinski definition) is 3. The summed E-state index contributed by atoms with van der Waals surface area (Å²) in [5.41, 5.74) is 8.61. The predicted molar refractivity (Wildman–Crippen MR) is 81.3 cm³/mol. The molecule has 19 heavy (non-hydrogen) atoms. The first-order valence-electron chi connectivity index (χ1n) is 5.77. The van der Waals surface area contributed by atoms with Gasteiger partial charge in [0, 0.05) is 4.47 Å². The highest BCUT2D eigenvalue weighted by Crippen LogP contribution is 2.17. The Morgan fingerprint density at radius 2 is 1.84 bits per heavy atom. The number of imidazole rings is 1. The third-order valence-corrected chi connectivity index (χ3v) is 3.28. The summed E-state index contributed by atoms with van der Waals surface area (Å²) in [6, 6.07) is 15.6. The highest BCUT2D eigenvalue weighted by molar-refractivity contribution is 9.10. The summed E-state index contributed by atoms with van der Waals surface area (Å²) in [5, 5.41) is 4.38. The highest BCUT2D eigenvalue weighted by Gasteiger charge is 2.05. The number of rotatable bonds is 2. The Balaban J connectivity index is 2.01. The Bertz CT molecular complexity index is 744. The van der Waals surface area contributed by atoms with Crippen LogP contribution in [0.5, 0.6) is 0 Å². The molecule has 1 aromatic heterocycles. The lowest BCUT2D eigenvalue weighted by molar-refractivity contribution is 0.931. The molecule has 94 valence electrons. The second kappa shape index (κ2) is 4.85. The molecule has 0 aliphatic carbocycles. The van der Waals surface area contributed by atoms with Crippen LogP contribution in [0.4, 0.5) is 5.95 Å². The lowest BCUT2D eigenvalue weighted by Crippen LogP contribution is -1.97. The second-order valence-corrected chi connectivity index (χ2v) is 4.98. The molecule has 0 amide bonds. The Morgan fingerprint density at radius 3 is 2.63 bits per heavy atom. The van der Waals surface area contributed by atoms with Gasteiger partial charge >= 0.3 is 0 Å². The highest BCUT2D eigenvalue weighted by atomic mass is 79.9. The van der Waals surface area contributed by atoms with E-state index >= 15 is 0 Å². The van der Waals surface area contributed by atoms with Crippen LogP contribution >= 0.6 is 15.9 Å². The standard InChI is InChI=1S/C14H11BrN4/c15-11-7-5-10(6-8-11)9-17-19-13-4-2-1-3-12(13)18-14(19)16/h1-9H,(H2,16,18). The van der Waals surface area contributed by atoms with Crippen LogP contribution in [0, 0.1) is 0 Å². The van der Waals surface area contributed by atoms with Crippen molar-refractivity contribution in [2.75, 3.05) is 5.73 Å². The van der Waals surface area contributed by atoms with Crippen molar-refractivity contribution in [2.45, 2.75) is 0 Å². The van der Waals surface area contributed by atoms with Crippen LogP contribution in [0.3, 0.4) is 0 Å². The van der Waals surface area contributed by atoms with Crippen LogP contribution in [-0.2, 0) is 0 Å². The van der Waals surface area contributed by atoms with Crippen LogP contribution in [0.2, 0.25) is 0 Å². The van der Waals surface area contributed by atoms with Crippen molar-refractivity contribution < 1.29 is 0 Å². The molecule has 0 saturated heterocycles. The van der Waals surface area contributed by atoms with Gasteiger partial charge in [0.1, 0.15) is 0 Å².